The molecule has 2 aliphatic heterocycles. The first-order chi connectivity index (χ1) is 14.1. The van der Waals surface area contributed by atoms with E-state index in [9.17, 15) is 18.8 Å². The number of benzene rings is 1. The lowest BCUT2D eigenvalue weighted by atomic mass is 10.2. The van der Waals surface area contributed by atoms with Crippen molar-refractivity contribution >= 4 is 17.9 Å². The number of carbonyl (C=O) groups excluding carboxylic acids is 3. The third-order valence-electron chi connectivity index (χ3n) is 4.95. The molecule has 3 rings (SSSR count). The average molecular weight is 421 g/mol. The van der Waals surface area contributed by atoms with Crippen LogP contribution < -0.4 is 10.1 Å². The maximum absolute atomic E-state index is 13.5. The second kappa shape index (κ2) is 8.89. The van der Waals surface area contributed by atoms with E-state index in [1.54, 1.807) is 20.8 Å². The van der Waals surface area contributed by atoms with Gasteiger partial charge in [0.05, 0.1) is 0 Å². The number of halogens is 1. The van der Waals surface area contributed by atoms with Crippen LogP contribution in [0.5, 0.6) is 5.75 Å². The van der Waals surface area contributed by atoms with Gasteiger partial charge in [0.2, 0.25) is 5.91 Å². The Morgan fingerprint density at radius 2 is 2.10 bits per heavy atom. The van der Waals surface area contributed by atoms with E-state index in [1.807, 2.05) is 0 Å². The molecule has 1 aromatic carbocycles. The highest BCUT2D eigenvalue weighted by atomic mass is 19.1. The second-order valence-electron chi connectivity index (χ2n) is 8.48. The molecule has 2 heterocycles. The van der Waals surface area contributed by atoms with Crippen LogP contribution in [0.1, 0.15) is 39.2 Å². The van der Waals surface area contributed by atoms with Crippen LogP contribution in [0.15, 0.2) is 18.2 Å². The maximum atomic E-state index is 13.5. The largest absolute Gasteiger partial charge is 0.483 e. The second-order valence-corrected chi connectivity index (χ2v) is 8.48. The van der Waals surface area contributed by atoms with E-state index in [0.717, 1.165) is 6.42 Å². The number of amides is 3. The first-order valence-corrected chi connectivity index (χ1v) is 10.1. The summed E-state index contributed by atoms with van der Waals surface area (Å²) in [5.41, 5.74) is -0.0508. The lowest BCUT2D eigenvalue weighted by Gasteiger charge is -2.28. The van der Waals surface area contributed by atoms with Crippen molar-refractivity contribution in [1.82, 2.24) is 15.1 Å². The number of rotatable bonds is 4. The van der Waals surface area contributed by atoms with Gasteiger partial charge in [0.15, 0.2) is 6.61 Å². The Labute approximate surface area is 175 Å². The van der Waals surface area contributed by atoms with Crippen molar-refractivity contribution in [3.05, 3.63) is 29.6 Å². The molecule has 3 amide bonds. The Morgan fingerprint density at radius 3 is 2.83 bits per heavy atom. The summed E-state index contributed by atoms with van der Waals surface area (Å²) in [6, 6.07) is 3.56. The molecule has 30 heavy (non-hydrogen) atoms. The Balaban J connectivity index is 1.54. The fraction of sp³-hybridized carbons (Fsp3) is 0.571. The van der Waals surface area contributed by atoms with Crippen LogP contribution in [-0.4, -0.2) is 65.6 Å². The molecule has 9 heteroatoms. The van der Waals surface area contributed by atoms with E-state index < -0.39 is 23.6 Å². The molecule has 1 atom stereocenters. The molecule has 1 aromatic rings. The van der Waals surface area contributed by atoms with Gasteiger partial charge in [0.25, 0.3) is 5.91 Å². The zero-order valence-corrected chi connectivity index (χ0v) is 17.6. The van der Waals surface area contributed by atoms with E-state index in [4.69, 9.17) is 9.47 Å². The molecule has 1 fully saturated rings. The van der Waals surface area contributed by atoms with Crippen molar-refractivity contribution in [2.45, 2.75) is 51.8 Å². The predicted molar refractivity (Wildman–Crippen MR) is 106 cm³/mol. The van der Waals surface area contributed by atoms with Crippen LogP contribution in [0, 0.1) is 5.82 Å². The summed E-state index contributed by atoms with van der Waals surface area (Å²) >= 11 is 0. The summed E-state index contributed by atoms with van der Waals surface area (Å²) in [5.74, 6) is -0.431. The Kier molecular flexibility index (Phi) is 6.48. The number of nitrogens with one attached hydrogen (secondary N) is 1. The van der Waals surface area contributed by atoms with Crippen molar-refractivity contribution < 1.29 is 28.2 Å². The topological polar surface area (TPSA) is 88.2 Å². The van der Waals surface area contributed by atoms with Gasteiger partial charge in [-0.15, -0.1) is 0 Å². The van der Waals surface area contributed by atoms with Crippen molar-refractivity contribution in [1.29, 1.82) is 0 Å². The van der Waals surface area contributed by atoms with Crippen LogP contribution in [0.25, 0.3) is 0 Å². The normalized spacial score (nSPS) is 19.1. The third-order valence-corrected chi connectivity index (χ3v) is 4.95. The van der Waals surface area contributed by atoms with Crippen LogP contribution in [0.4, 0.5) is 9.18 Å². The van der Waals surface area contributed by atoms with Crippen molar-refractivity contribution in [3.63, 3.8) is 0 Å². The van der Waals surface area contributed by atoms with Crippen LogP contribution in [-0.2, 0) is 20.9 Å². The highest BCUT2D eigenvalue weighted by Gasteiger charge is 2.36. The van der Waals surface area contributed by atoms with E-state index in [0.29, 0.717) is 24.3 Å². The van der Waals surface area contributed by atoms with E-state index in [2.05, 4.69) is 5.32 Å². The van der Waals surface area contributed by atoms with Gasteiger partial charge >= 0.3 is 6.09 Å². The first-order valence-electron chi connectivity index (χ1n) is 10.1. The first kappa shape index (κ1) is 21.9. The smallest absolute Gasteiger partial charge is 0.410 e. The third kappa shape index (κ3) is 5.40. The lowest BCUT2D eigenvalue weighted by Crippen LogP contribution is -2.49. The molecule has 0 aromatic heterocycles. The van der Waals surface area contributed by atoms with Crippen LogP contribution >= 0.6 is 0 Å². The van der Waals surface area contributed by atoms with Gasteiger partial charge in [-0.1, -0.05) is 0 Å². The highest BCUT2D eigenvalue weighted by molar-refractivity contribution is 5.86. The Morgan fingerprint density at radius 1 is 1.33 bits per heavy atom. The number of hydrogen-bond donors (Lipinski definition) is 1. The van der Waals surface area contributed by atoms with Crippen molar-refractivity contribution in [2.24, 2.45) is 0 Å². The number of likely N-dealkylation sites (tertiary alicyclic amines) is 1. The van der Waals surface area contributed by atoms with Gasteiger partial charge < -0.3 is 19.7 Å². The molecule has 164 valence electrons. The van der Waals surface area contributed by atoms with Gasteiger partial charge in [-0.2, -0.15) is 0 Å². The Bertz CT molecular complexity index is 823. The molecule has 0 bridgehead atoms. The van der Waals surface area contributed by atoms with Gasteiger partial charge in [-0.25, -0.2) is 9.18 Å². The van der Waals surface area contributed by atoms with Crippen molar-refractivity contribution in [3.8, 4) is 5.75 Å². The number of fused-ring (bicyclic) bond motifs is 1. The SMILES string of the molecule is CC(C)(C)OC(=O)N1CCCC1C(=O)NCCN1Cc2cc(F)ccc2OCC1=O. The van der Waals surface area contributed by atoms with Gasteiger partial charge in [-0.05, 0) is 51.8 Å². The zero-order chi connectivity index (χ0) is 21.9. The quantitative estimate of drug-likeness (QED) is 0.804. The molecule has 0 aliphatic carbocycles. The number of ether oxygens (including phenoxy) is 2. The molecule has 1 N–H and O–H groups in total. The van der Waals surface area contributed by atoms with Gasteiger partial charge in [0, 0.05) is 31.7 Å². The van der Waals surface area contributed by atoms with Crippen LogP contribution in [0.3, 0.4) is 0 Å². The molecule has 0 spiro atoms. The molecular formula is C21H28FN3O5. The summed E-state index contributed by atoms with van der Waals surface area (Å²) in [6.07, 6.45) is 0.786. The highest BCUT2D eigenvalue weighted by Crippen LogP contribution is 2.24. The van der Waals surface area contributed by atoms with E-state index in [1.165, 1.54) is 28.0 Å². The molecule has 0 radical (unpaired) electrons. The molecule has 1 saturated heterocycles. The standard InChI is InChI=1S/C21H28FN3O5/c1-21(2,3)30-20(28)25-9-4-5-16(25)19(27)23-8-10-24-12-14-11-15(22)6-7-17(14)29-13-18(24)26/h6-7,11,16H,4-5,8-10,12-13H2,1-3H3,(H,23,27). The zero-order valence-electron chi connectivity index (χ0n) is 17.6. The average Bonchev–Trinajstić information content (AvgIpc) is 3.09. The minimum absolute atomic E-state index is 0.137. The minimum atomic E-state index is -0.633. The number of nitrogens with zero attached hydrogens (tertiary/aromatic N) is 2. The van der Waals surface area contributed by atoms with E-state index in [-0.39, 0.29) is 38.1 Å². The Hall–Kier alpha value is -2.84. The molecule has 1 unspecified atom stereocenters. The summed E-state index contributed by atoms with van der Waals surface area (Å²) in [6.45, 7) is 6.34. The predicted octanol–water partition coefficient (Wildman–Crippen LogP) is 2.06. The number of hydrogen-bond acceptors (Lipinski definition) is 5. The molecule has 0 saturated carbocycles. The van der Waals surface area contributed by atoms with Crippen molar-refractivity contribution in [2.75, 3.05) is 26.2 Å². The van der Waals surface area contributed by atoms with Gasteiger partial charge in [0.1, 0.15) is 23.2 Å². The van der Waals surface area contributed by atoms with E-state index >= 15 is 0 Å². The summed E-state index contributed by atoms with van der Waals surface area (Å²) in [4.78, 5) is 40.2. The molecule has 2 aliphatic rings. The minimum Gasteiger partial charge on any atom is -0.483 e. The fourth-order valence-corrected chi connectivity index (χ4v) is 3.55. The molecular weight excluding hydrogens is 393 g/mol. The summed E-state index contributed by atoms with van der Waals surface area (Å²) in [7, 11) is 0. The lowest BCUT2D eigenvalue weighted by molar-refractivity contribution is -0.133. The monoisotopic (exact) mass is 421 g/mol. The summed E-state index contributed by atoms with van der Waals surface area (Å²) in [5, 5.41) is 2.80. The fourth-order valence-electron chi connectivity index (χ4n) is 3.55. The summed E-state index contributed by atoms with van der Waals surface area (Å²) < 4.78 is 24.3. The molecule has 8 nitrogen and oxygen atoms in total. The maximum Gasteiger partial charge on any atom is 0.410 e. The number of carbonyl (C=O) groups is 3. The van der Waals surface area contributed by atoms with Crippen LogP contribution in [0.2, 0.25) is 0 Å². The van der Waals surface area contributed by atoms with Gasteiger partial charge in [-0.3, -0.25) is 14.5 Å².